The first-order valence-electron chi connectivity index (χ1n) is 44.3. The molecule has 130 heavy (non-hydrogen) atoms. The quantitative estimate of drug-likeness (QED) is 0.0458. The Morgan fingerprint density at radius 3 is 1.20 bits per heavy atom. The van der Waals surface area contributed by atoms with E-state index in [0.717, 1.165) is 151 Å². The molecule has 6 atom stereocenters. The maximum absolute atomic E-state index is 13.6. The van der Waals surface area contributed by atoms with E-state index in [2.05, 4.69) is 80.5 Å². The van der Waals surface area contributed by atoms with Crippen molar-refractivity contribution in [3.63, 3.8) is 0 Å². The van der Waals surface area contributed by atoms with E-state index < -0.39 is 30.0 Å². The van der Waals surface area contributed by atoms with Crippen LogP contribution in [0.2, 0.25) is 0 Å². The largest absolute Gasteiger partial charge is 0.444 e. The summed E-state index contributed by atoms with van der Waals surface area (Å²) in [5, 5.41) is 60.4. The molecule has 35 nitrogen and oxygen atoms in total. The molecule has 7 aromatic heterocycles. The Hall–Kier alpha value is -12.3. The van der Waals surface area contributed by atoms with Crippen molar-refractivity contribution in [3.05, 3.63) is 211 Å². The molecule has 4 saturated heterocycles. The summed E-state index contributed by atoms with van der Waals surface area (Å²) >= 11 is 2.22. The molecule has 7 fully saturated rings. The zero-order valence-corrected chi connectivity index (χ0v) is 76.3. The minimum atomic E-state index is -0.530. The third-order valence-electron chi connectivity index (χ3n) is 24.7. The lowest BCUT2D eigenvalue weighted by Gasteiger charge is -2.33. The average molecular weight is 1880 g/mol. The highest BCUT2D eigenvalue weighted by Gasteiger charge is 2.34. The van der Waals surface area contributed by atoms with Crippen LogP contribution in [0.1, 0.15) is 137 Å². The summed E-state index contributed by atoms with van der Waals surface area (Å²) in [6, 6.07) is 28.2. The van der Waals surface area contributed by atoms with Gasteiger partial charge in [0.2, 0.25) is 23.6 Å². The minimum absolute atomic E-state index is 0.0367. The Morgan fingerprint density at radius 1 is 0.462 bits per heavy atom. The first-order valence-corrected chi connectivity index (χ1v) is 45.4. The van der Waals surface area contributed by atoms with Crippen molar-refractivity contribution in [2.45, 2.75) is 153 Å². The molecule has 5 N–H and O–H groups in total. The van der Waals surface area contributed by atoms with Crippen LogP contribution in [-0.4, -0.2) is 236 Å². The number of aryl methyl sites for hydroxylation is 4. The van der Waals surface area contributed by atoms with E-state index in [1.54, 1.807) is 101 Å². The molecule has 11 heterocycles. The summed E-state index contributed by atoms with van der Waals surface area (Å²) in [5.74, 6) is 0.0469. The van der Waals surface area contributed by atoms with Crippen molar-refractivity contribution < 1.29 is 48.8 Å². The average Bonchev–Trinajstić information content (AvgIpc) is 0.970. The van der Waals surface area contributed by atoms with Gasteiger partial charge in [-0.15, -0.1) is 0 Å². The number of anilines is 3. The predicted octanol–water partition coefficient (Wildman–Crippen LogP) is 8.79. The Balaban J connectivity index is 0.000000128. The number of ether oxygens (including phenoxy) is 1. The van der Waals surface area contributed by atoms with Gasteiger partial charge in [0, 0.05) is 140 Å². The van der Waals surface area contributed by atoms with Gasteiger partial charge < -0.3 is 45.4 Å². The summed E-state index contributed by atoms with van der Waals surface area (Å²) in [4.78, 5) is 136. The van der Waals surface area contributed by atoms with Crippen molar-refractivity contribution >= 4 is 141 Å². The van der Waals surface area contributed by atoms with Gasteiger partial charge in [0.1, 0.15) is 12.1 Å². The van der Waals surface area contributed by atoms with E-state index in [1.165, 1.54) is 19.4 Å². The van der Waals surface area contributed by atoms with Crippen LogP contribution in [0.25, 0.3) is 65.0 Å². The first kappa shape index (κ1) is 92.4. The molecule has 0 spiro atoms. The lowest BCUT2D eigenvalue weighted by Crippen LogP contribution is -2.51. The smallest absolute Gasteiger partial charge is 0.410 e. The number of hydrogen-bond donors (Lipinski definition) is 5. The zero-order chi connectivity index (χ0) is 91.6. The van der Waals surface area contributed by atoms with Gasteiger partial charge in [-0.1, -0.05) is 111 Å². The van der Waals surface area contributed by atoms with Crippen LogP contribution in [-0.2, 0) is 65.2 Å². The minimum Gasteiger partial charge on any atom is -0.444 e. The van der Waals surface area contributed by atoms with Crippen LogP contribution in [0.3, 0.4) is 0 Å². The maximum atomic E-state index is 13.6. The Bertz CT molecular complexity index is 6270. The van der Waals surface area contributed by atoms with Crippen LogP contribution >= 0.6 is 22.6 Å². The summed E-state index contributed by atoms with van der Waals surface area (Å²) in [6.45, 7) is 12.8. The number of nitrogens with zero attached hydrogens (tertiary/aromatic N) is 20. The summed E-state index contributed by atoms with van der Waals surface area (Å²) < 4.78 is 18.0. The molecule has 5 amide bonds. The number of fused-ring (bicyclic) bond motifs is 9. The summed E-state index contributed by atoms with van der Waals surface area (Å²) in [5.41, 5.74) is 6.02. The Kier molecular flexibility index (Phi) is 29.3. The zero-order valence-electron chi connectivity index (χ0n) is 74.2. The van der Waals surface area contributed by atoms with Crippen LogP contribution in [0.5, 0.6) is 0 Å². The molecule has 3 saturated carbocycles. The van der Waals surface area contributed by atoms with Crippen LogP contribution in [0, 0.1) is 3.57 Å². The lowest BCUT2D eigenvalue weighted by atomic mass is 9.92. The second-order valence-corrected chi connectivity index (χ2v) is 36.3. The topological polar surface area (TPSA) is 392 Å². The maximum Gasteiger partial charge on any atom is 0.410 e. The molecule has 682 valence electrons. The van der Waals surface area contributed by atoms with E-state index >= 15 is 0 Å². The number of carbonyl (C=O) groups excluding carboxylic acids is 6. The molecule has 7 aliphatic rings. The van der Waals surface area contributed by atoms with Crippen molar-refractivity contribution in [1.82, 2.24) is 93.1 Å². The standard InChI is InChI=1S/2C27H30N6O3.C19H18N2O3.C9H16N2O3.C8H12N4O.C4H5IN2/c2*1-30-15-19(13-29-30)32-11-10-31(16-25(32)35)14-18-12-22-26(21-7-3-2-6-20(18)21)28-17-33(27(22)36)23-8-4-5-9-24(23)34;22-10-12-9-15-18(14-6-2-1-5-13(12)14)20-11-21(19(15)24)16-7-3-4-8-17(16)23;1-9(2,3)14-8(13)11-5-4-10-7(12)6-11;1-11-6-7(4-10-11)12-3-2-9-5-8(12)13;1-7-3-4(5)2-6-7/h2*2-3,6-7,12-13,15,17,23-24,34H,4-5,8-11,14,16H2,1H3;1-2,5-6,9-11,16-17,23H,3-4,7-8H2;4-6H2,1-3H3,(H,10,12);4,6,9H,2-3,5H2,1H3;2-3H,1H3/t2*23-,24-;16-,17-;;;/m000.../s1. The molecular weight excluding hydrogens is 1770 g/mol. The van der Waals surface area contributed by atoms with E-state index in [1.807, 2.05) is 132 Å². The van der Waals surface area contributed by atoms with Crippen LogP contribution in [0.15, 0.2) is 174 Å². The van der Waals surface area contributed by atoms with E-state index in [0.29, 0.717) is 116 Å². The Labute approximate surface area is 763 Å². The van der Waals surface area contributed by atoms with Gasteiger partial charge in [-0.25, -0.2) is 19.7 Å². The number of carbonyl (C=O) groups is 6. The van der Waals surface area contributed by atoms with Crippen molar-refractivity contribution in [3.8, 4) is 0 Å². The molecular formula is C94H111IN22O13. The van der Waals surface area contributed by atoms with E-state index in [4.69, 9.17) is 14.7 Å². The fourth-order valence-electron chi connectivity index (χ4n) is 18.2. The van der Waals surface area contributed by atoms with Crippen molar-refractivity contribution in [2.24, 2.45) is 28.2 Å². The van der Waals surface area contributed by atoms with E-state index in [-0.39, 0.29) is 65.0 Å². The molecule has 20 rings (SSSR count). The fourth-order valence-corrected chi connectivity index (χ4v) is 18.7. The molecule has 0 unspecified atom stereocenters. The van der Waals surface area contributed by atoms with Gasteiger partial charge in [-0.3, -0.25) is 85.5 Å². The second kappa shape index (κ2) is 41.2. The fraction of sp³-hybridized carbons (Fsp3) is 0.426. The number of aliphatic hydroxyl groups excluding tert-OH is 3. The van der Waals surface area contributed by atoms with Crippen LogP contribution < -0.4 is 42.0 Å². The summed E-state index contributed by atoms with van der Waals surface area (Å²) in [7, 11) is 7.43. The molecule has 3 aliphatic carbocycles. The molecule has 13 aromatic rings. The number of rotatable bonds is 11. The number of aliphatic hydroxyl groups is 3. The molecule has 4 aliphatic heterocycles. The predicted molar refractivity (Wildman–Crippen MR) is 503 cm³/mol. The molecule has 36 heteroatoms. The number of piperazine rings is 4. The normalized spacial score (nSPS) is 20.0. The SMILES string of the molecule is CC(C)(C)OC(=O)N1CCNC(=O)C1.Cn1cc(I)cn1.Cn1cc(N2CCN(Cc3cc4c(=O)n([C@H]5CCCC[C@@H]5O)cnc4c4ccccc34)CC2=O)cn1.Cn1cc(N2CCN(Cc3cc4c(=O)n([C@H]5CCCC[C@@H]5O)cnc4c4ccccc34)CC2=O)cn1.Cn1cc(N2CCNCC2=O)cn1.O=Cc1cc2c(=O)n([C@H]3CCCC[C@@H]3O)cnc2c2ccccc12. The number of nitrogens with one attached hydrogen (secondary N) is 2. The highest BCUT2D eigenvalue weighted by Crippen LogP contribution is 2.36. The van der Waals surface area contributed by atoms with Gasteiger partial charge in [-0.2, -0.15) is 20.4 Å². The van der Waals surface area contributed by atoms with Gasteiger partial charge in [0.15, 0.2) is 6.29 Å². The number of hydrogen-bond acceptors (Lipinski definition) is 23. The van der Waals surface area contributed by atoms with Gasteiger partial charge in [0.05, 0.1) is 153 Å². The monoisotopic (exact) mass is 1880 g/mol. The summed E-state index contributed by atoms with van der Waals surface area (Å²) in [6.07, 6.45) is 28.3. The highest BCUT2D eigenvalue weighted by atomic mass is 127. The van der Waals surface area contributed by atoms with Gasteiger partial charge in [0.25, 0.3) is 16.7 Å². The van der Waals surface area contributed by atoms with Gasteiger partial charge >= 0.3 is 6.09 Å². The molecule has 6 aromatic carbocycles. The van der Waals surface area contributed by atoms with Crippen molar-refractivity contribution in [1.29, 1.82) is 0 Å². The molecule has 0 bridgehead atoms. The van der Waals surface area contributed by atoms with Gasteiger partial charge in [-0.05, 0) is 127 Å². The molecule has 0 radical (unpaired) electrons. The third-order valence-corrected chi connectivity index (χ3v) is 25.3. The number of amides is 5. The highest BCUT2D eigenvalue weighted by molar-refractivity contribution is 14.1. The van der Waals surface area contributed by atoms with Crippen LogP contribution in [0.4, 0.5) is 21.9 Å². The number of benzene rings is 6. The lowest BCUT2D eigenvalue weighted by molar-refractivity contribution is -0.124. The third kappa shape index (κ3) is 21.4. The van der Waals surface area contributed by atoms with Crippen molar-refractivity contribution in [2.75, 3.05) is 93.2 Å². The number of aromatic nitrogens is 14. The Morgan fingerprint density at radius 2 is 0.846 bits per heavy atom. The number of aldehydes is 1. The first-order chi connectivity index (χ1) is 62.6. The number of halogens is 1. The van der Waals surface area contributed by atoms with E-state index in [9.17, 15) is 58.5 Å². The second-order valence-electron chi connectivity index (χ2n) is 35.0.